The Hall–Kier alpha value is -2.14. The largest absolute Gasteiger partial charge is 0.325 e. The van der Waals surface area contributed by atoms with Gasteiger partial charge in [0.1, 0.15) is 5.82 Å². The number of carbonyl (C=O) groups is 1. The summed E-state index contributed by atoms with van der Waals surface area (Å²) in [6, 6.07) is 5.58. The van der Waals surface area contributed by atoms with Crippen molar-refractivity contribution in [2.75, 3.05) is 18.5 Å². The van der Waals surface area contributed by atoms with E-state index in [9.17, 15) is 4.79 Å². The van der Waals surface area contributed by atoms with Crippen LogP contribution in [-0.4, -0.2) is 40.0 Å². The van der Waals surface area contributed by atoms with E-state index in [-0.39, 0.29) is 11.6 Å². The second-order valence-corrected chi connectivity index (χ2v) is 6.47. The molecule has 114 valence electrons. The van der Waals surface area contributed by atoms with E-state index in [0.29, 0.717) is 17.4 Å². The zero-order chi connectivity index (χ0) is 15.9. The molecule has 6 heteroatoms. The van der Waals surface area contributed by atoms with Crippen molar-refractivity contribution < 1.29 is 4.79 Å². The van der Waals surface area contributed by atoms with Gasteiger partial charge in [0, 0.05) is 36.8 Å². The number of rotatable bonds is 2. The van der Waals surface area contributed by atoms with Crippen molar-refractivity contribution in [1.29, 1.82) is 0 Å². The molecule has 1 aliphatic heterocycles. The Kier molecular flexibility index (Phi) is 3.53. The zero-order valence-corrected chi connectivity index (χ0v) is 13.5. The first-order valence-corrected chi connectivity index (χ1v) is 7.38. The Labute approximate surface area is 134 Å². The highest BCUT2D eigenvalue weighted by Gasteiger charge is 2.41. The average Bonchev–Trinajstić information content (AvgIpc) is 2.71. The minimum Gasteiger partial charge on any atom is -0.320 e. The third kappa shape index (κ3) is 2.52. The van der Waals surface area contributed by atoms with Crippen LogP contribution in [0.2, 0.25) is 5.02 Å². The summed E-state index contributed by atoms with van der Waals surface area (Å²) in [5.41, 5.74) is 1.61. The fraction of sp³-hybridized carbons (Fsp3) is 0.312. The maximum atomic E-state index is 12.3. The Morgan fingerprint density at radius 3 is 2.50 bits per heavy atom. The van der Waals surface area contributed by atoms with Crippen molar-refractivity contribution in [2.24, 2.45) is 0 Å². The lowest BCUT2D eigenvalue weighted by Crippen LogP contribution is -2.38. The summed E-state index contributed by atoms with van der Waals surface area (Å²) in [4.78, 5) is 24.2. The third-order valence-electron chi connectivity index (χ3n) is 4.03. The molecule has 2 aromatic heterocycles. The maximum Gasteiger partial charge on any atom is 0.325 e. The average molecular weight is 317 g/mol. The SMILES string of the molecule is CN1C(=O)N(c2ccc(-c3cncc(Cl)c3)cn2)CC1(C)C. The monoisotopic (exact) mass is 316 g/mol. The van der Waals surface area contributed by atoms with Crippen LogP contribution in [0.5, 0.6) is 0 Å². The van der Waals surface area contributed by atoms with Crippen molar-refractivity contribution >= 4 is 23.4 Å². The number of urea groups is 1. The van der Waals surface area contributed by atoms with E-state index in [0.717, 1.165) is 11.1 Å². The summed E-state index contributed by atoms with van der Waals surface area (Å²) in [6.45, 7) is 4.70. The summed E-state index contributed by atoms with van der Waals surface area (Å²) < 4.78 is 0. The molecule has 0 radical (unpaired) electrons. The number of likely N-dealkylation sites (N-methyl/N-ethyl adjacent to an activating group) is 1. The molecule has 5 nitrogen and oxygen atoms in total. The molecular formula is C16H17ClN4O. The number of amides is 2. The van der Waals surface area contributed by atoms with E-state index >= 15 is 0 Å². The molecule has 1 aliphatic rings. The molecule has 0 N–H and O–H groups in total. The van der Waals surface area contributed by atoms with Gasteiger partial charge in [-0.2, -0.15) is 0 Å². The summed E-state index contributed by atoms with van der Waals surface area (Å²) in [7, 11) is 1.81. The predicted octanol–water partition coefficient (Wildman–Crippen LogP) is 3.45. The number of hydrogen-bond acceptors (Lipinski definition) is 3. The molecule has 3 rings (SSSR count). The highest BCUT2D eigenvalue weighted by atomic mass is 35.5. The van der Waals surface area contributed by atoms with E-state index in [1.165, 1.54) is 0 Å². The van der Waals surface area contributed by atoms with Gasteiger partial charge in [-0.1, -0.05) is 11.6 Å². The van der Waals surface area contributed by atoms with Crippen LogP contribution < -0.4 is 4.90 Å². The topological polar surface area (TPSA) is 49.3 Å². The number of pyridine rings is 2. The minimum atomic E-state index is -0.200. The van der Waals surface area contributed by atoms with Gasteiger partial charge in [-0.15, -0.1) is 0 Å². The second kappa shape index (κ2) is 5.25. The molecule has 0 spiro atoms. The van der Waals surface area contributed by atoms with E-state index in [1.54, 1.807) is 28.4 Å². The van der Waals surface area contributed by atoms with Gasteiger partial charge in [0.15, 0.2) is 0 Å². The first-order chi connectivity index (χ1) is 10.4. The Bertz CT molecular complexity index is 714. The Balaban J connectivity index is 1.88. The van der Waals surface area contributed by atoms with Gasteiger partial charge in [-0.05, 0) is 32.0 Å². The molecule has 0 aromatic carbocycles. The lowest BCUT2D eigenvalue weighted by molar-refractivity contribution is 0.198. The standard InChI is InChI=1S/C16H17ClN4O/c1-16(2)10-21(15(22)20(16)3)14-5-4-11(8-19-14)12-6-13(17)9-18-7-12/h4-9H,10H2,1-3H3. The normalized spacial score (nSPS) is 17.2. The van der Waals surface area contributed by atoms with E-state index in [1.807, 2.05) is 39.1 Å². The number of anilines is 1. The highest BCUT2D eigenvalue weighted by Crippen LogP contribution is 2.29. The molecule has 0 saturated carbocycles. The van der Waals surface area contributed by atoms with Crippen LogP contribution >= 0.6 is 11.6 Å². The predicted molar refractivity (Wildman–Crippen MR) is 87.1 cm³/mol. The van der Waals surface area contributed by atoms with Crippen LogP contribution in [0.15, 0.2) is 36.8 Å². The third-order valence-corrected chi connectivity index (χ3v) is 4.24. The molecule has 1 fully saturated rings. The van der Waals surface area contributed by atoms with Gasteiger partial charge in [-0.3, -0.25) is 9.88 Å². The van der Waals surface area contributed by atoms with Crippen molar-refractivity contribution in [3.05, 3.63) is 41.8 Å². The van der Waals surface area contributed by atoms with Gasteiger partial charge < -0.3 is 4.90 Å². The molecule has 2 aromatic rings. The number of nitrogens with zero attached hydrogens (tertiary/aromatic N) is 4. The van der Waals surface area contributed by atoms with Gasteiger partial charge in [0.05, 0.1) is 17.1 Å². The van der Waals surface area contributed by atoms with Gasteiger partial charge in [0.25, 0.3) is 0 Å². The smallest absolute Gasteiger partial charge is 0.320 e. The van der Waals surface area contributed by atoms with E-state index in [2.05, 4.69) is 9.97 Å². The highest BCUT2D eigenvalue weighted by molar-refractivity contribution is 6.30. The zero-order valence-electron chi connectivity index (χ0n) is 12.7. The summed E-state index contributed by atoms with van der Waals surface area (Å²) in [5, 5.41) is 0.583. The van der Waals surface area contributed by atoms with Crippen molar-refractivity contribution in [1.82, 2.24) is 14.9 Å². The quantitative estimate of drug-likeness (QED) is 0.852. The maximum absolute atomic E-state index is 12.3. The van der Waals surface area contributed by atoms with Crippen LogP contribution in [0.1, 0.15) is 13.8 Å². The number of halogens is 1. The first kappa shape index (κ1) is 14.8. The van der Waals surface area contributed by atoms with Crippen molar-refractivity contribution in [3.8, 4) is 11.1 Å². The molecule has 0 aliphatic carbocycles. The van der Waals surface area contributed by atoms with Crippen LogP contribution in [0.3, 0.4) is 0 Å². The van der Waals surface area contributed by atoms with Gasteiger partial charge in [-0.25, -0.2) is 9.78 Å². The molecule has 0 atom stereocenters. The number of hydrogen-bond donors (Lipinski definition) is 0. The van der Waals surface area contributed by atoms with Crippen LogP contribution in [-0.2, 0) is 0 Å². The minimum absolute atomic E-state index is 0.0327. The molecule has 1 saturated heterocycles. The lowest BCUT2D eigenvalue weighted by atomic mass is 10.1. The molecule has 3 heterocycles. The van der Waals surface area contributed by atoms with E-state index in [4.69, 9.17) is 11.6 Å². The summed E-state index contributed by atoms with van der Waals surface area (Å²) >= 11 is 5.95. The van der Waals surface area contributed by atoms with Crippen LogP contribution in [0.4, 0.5) is 10.6 Å². The summed E-state index contributed by atoms with van der Waals surface area (Å²) in [6.07, 6.45) is 5.06. The number of carbonyl (C=O) groups excluding carboxylic acids is 1. The lowest BCUT2D eigenvalue weighted by Gasteiger charge is -2.24. The molecule has 0 unspecified atom stereocenters. The molecule has 22 heavy (non-hydrogen) atoms. The van der Waals surface area contributed by atoms with Gasteiger partial charge >= 0.3 is 6.03 Å². The molecule has 0 bridgehead atoms. The number of aromatic nitrogens is 2. The van der Waals surface area contributed by atoms with E-state index < -0.39 is 0 Å². The van der Waals surface area contributed by atoms with Crippen LogP contribution in [0, 0.1) is 0 Å². The van der Waals surface area contributed by atoms with Crippen LogP contribution in [0.25, 0.3) is 11.1 Å². The second-order valence-electron chi connectivity index (χ2n) is 6.04. The summed E-state index contributed by atoms with van der Waals surface area (Å²) in [5.74, 6) is 0.654. The fourth-order valence-corrected chi connectivity index (χ4v) is 2.64. The molecular weight excluding hydrogens is 300 g/mol. The first-order valence-electron chi connectivity index (χ1n) is 7.01. The van der Waals surface area contributed by atoms with Crippen molar-refractivity contribution in [2.45, 2.75) is 19.4 Å². The Morgan fingerprint density at radius 2 is 1.95 bits per heavy atom. The Morgan fingerprint density at radius 1 is 1.18 bits per heavy atom. The van der Waals surface area contributed by atoms with Crippen molar-refractivity contribution in [3.63, 3.8) is 0 Å². The van der Waals surface area contributed by atoms with Gasteiger partial charge in [0.2, 0.25) is 0 Å². The molecule has 2 amide bonds. The fourth-order valence-electron chi connectivity index (χ4n) is 2.47.